The number of hydrogen-bond donors (Lipinski definition) is 0. The van der Waals surface area contributed by atoms with Gasteiger partial charge in [0.15, 0.2) is 0 Å². The van der Waals surface area contributed by atoms with E-state index in [2.05, 4.69) is 78.3 Å². The maximum Gasteiger partial charge on any atom is 0.137 e. The average Bonchev–Trinajstić information content (AvgIpc) is 2.84. The molecule has 4 heteroatoms. The van der Waals surface area contributed by atoms with E-state index in [0.29, 0.717) is 0 Å². The number of para-hydroxylation sites is 1. The van der Waals surface area contributed by atoms with Crippen LogP contribution in [0.1, 0.15) is 19.4 Å². The van der Waals surface area contributed by atoms with Crippen molar-refractivity contribution >= 4 is 23.3 Å². The lowest BCUT2D eigenvalue weighted by molar-refractivity contribution is 0.222. The van der Waals surface area contributed by atoms with Gasteiger partial charge in [-0.25, -0.2) is 4.99 Å². The minimum absolute atomic E-state index is 1.01. The third-order valence-corrected chi connectivity index (χ3v) is 6.08. The smallest absolute Gasteiger partial charge is 0.137 e. The van der Waals surface area contributed by atoms with Crippen LogP contribution in [0.25, 0.3) is 0 Å². The number of allylic oxidation sites excluding steroid dienone is 2. The fourth-order valence-electron chi connectivity index (χ4n) is 3.36. The van der Waals surface area contributed by atoms with Crippen molar-refractivity contribution in [2.24, 2.45) is 4.99 Å². The Kier molecular flexibility index (Phi) is 4.53. The van der Waals surface area contributed by atoms with Gasteiger partial charge in [-0.05, 0) is 32.0 Å². The summed E-state index contributed by atoms with van der Waals surface area (Å²) in [6, 6.07) is 17.1. The largest absolute Gasteiger partial charge is 0.372 e. The Bertz CT molecular complexity index is 833. The lowest BCUT2D eigenvalue weighted by atomic mass is 10.1. The summed E-state index contributed by atoms with van der Waals surface area (Å²) in [4.78, 5) is 12.5. The molecule has 4 rings (SSSR count). The average molecular weight is 350 g/mol. The van der Waals surface area contributed by atoms with E-state index < -0.39 is 0 Å². The predicted octanol–water partition coefficient (Wildman–Crippen LogP) is 4.77. The molecular formula is C21H23N3S. The van der Waals surface area contributed by atoms with Crippen LogP contribution in [0.15, 0.2) is 75.1 Å². The molecule has 0 spiro atoms. The molecule has 0 bridgehead atoms. The SMILES string of the molecule is CC=C(C)N1CCN(C2=Nc3ccccc3Sc3ccccc32)CC1. The van der Waals surface area contributed by atoms with Crippen molar-refractivity contribution in [2.45, 2.75) is 23.6 Å². The molecule has 0 aliphatic carbocycles. The Hall–Kier alpha value is -2.20. The number of amidine groups is 1. The number of fused-ring (bicyclic) bond motifs is 2. The Labute approximate surface area is 154 Å². The van der Waals surface area contributed by atoms with E-state index in [-0.39, 0.29) is 0 Å². The molecule has 2 aromatic carbocycles. The summed E-state index contributed by atoms with van der Waals surface area (Å²) in [6.45, 7) is 8.41. The first-order chi connectivity index (χ1) is 12.3. The van der Waals surface area contributed by atoms with Crippen molar-refractivity contribution in [3.63, 3.8) is 0 Å². The van der Waals surface area contributed by atoms with Gasteiger partial charge in [0.2, 0.25) is 0 Å². The van der Waals surface area contributed by atoms with Gasteiger partial charge < -0.3 is 9.80 Å². The zero-order valence-corrected chi connectivity index (χ0v) is 15.6. The second-order valence-corrected chi connectivity index (χ2v) is 7.49. The molecule has 3 nitrogen and oxygen atoms in total. The molecule has 0 atom stereocenters. The quantitative estimate of drug-likeness (QED) is 0.739. The summed E-state index contributed by atoms with van der Waals surface area (Å²) in [7, 11) is 0. The Morgan fingerprint density at radius 1 is 0.960 bits per heavy atom. The summed E-state index contributed by atoms with van der Waals surface area (Å²) in [5, 5.41) is 0. The molecular weight excluding hydrogens is 326 g/mol. The first-order valence-electron chi connectivity index (χ1n) is 8.84. The highest BCUT2D eigenvalue weighted by molar-refractivity contribution is 7.99. The third-order valence-electron chi connectivity index (χ3n) is 4.94. The predicted molar refractivity (Wildman–Crippen MR) is 106 cm³/mol. The van der Waals surface area contributed by atoms with Gasteiger partial charge in [-0.15, -0.1) is 0 Å². The van der Waals surface area contributed by atoms with Crippen LogP contribution in [0, 0.1) is 0 Å². The molecule has 25 heavy (non-hydrogen) atoms. The highest BCUT2D eigenvalue weighted by atomic mass is 32.2. The molecule has 128 valence electrons. The molecule has 2 heterocycles. The fourth-order valence-corrected chi connectivity index (χ4v) is 4.38. The van der Waals surface area contributed by atoms with Crippen molar-refractivity contribution in [1.82, 2.24) is 9.80 Å². The molecule has 2 aliphatic heterocycles. The van der Waals surface area contributed by atoms with Crippen molar-refractivity contribution in [2.75, 3.05) is 26.2 Å². The maximum atomic E-state index is 5.08. The molecule has 2 aromatic rings. The Balaban J connectivity index is 1.69. The molecule has 1 saturated heterocycles. The second kappa shape index (κ2) is 6.96. The van der Waals surface area contributed by atoms with Gasteiger partial charge in [0.25, 0.3) is 0 Å². The molecule has 0 N–H and O–H groups in total. The Morgan fingerprint density at radius 2 is 1.64 bits per heavy atom. The summed E-state index contributed by atoms with van der Waals surface area (Å²) in [5.74, 6) is 1.12. The van der Waals surface area contributed by atoms with Crippen LogP contribution in [-0.2, 0) is 0 Å². The van der Waals surface area contributed by atoms with Crippen LogP contribution in [-0.4, -0.2) is 41.8 Å². The topological polar surface area (TPSA) is 18.8 Å². The number of piperazine rings is 1. The first-order valence-corrected chi connectivity index (χ1v) is 9.65. The van der Waals surface area contributed by atoms with Crippen LogP contribution in [0.2, 0.25) is 0 Å². The minimum atomic E-state index is 1.01. The van der Waals surface area contributed by atoms with Crippen molar-refractivity contribution < 1.29 is 0 Å². The standard InChI is InChI=1S/C21H23N3S/c1-3-16(2)23-12-14-24(15-13-23)21-17-8-4-6-10-19(17)25-20-11-7-5-9-18(20)22-21/h3-11H,12-15H2,1-2H3. The number of benzene rings is 2. The van der Waals surface area contributed by atoms with Gasteiger partial charge in [0.05, 0.1) is 5.69 Å². The molecule has 0 aromatic heterocycles. The normalized spacial score (nSPS) is 17.5. The van der Waals surface area contributed by atoms with Crippen LogP contribution in [0.5, 0.6) is 0 Å². The van der Waals surface area contributed by atoms with Gasteiger partial charge in [-0.2, -0.15) is 0 Å². The first kappa shape index (κ1) is 16.3. The van der Waals surface area contributed by atoms with Crippen LogP contribution in [0.4, 0.5) is 5.69 Å². The van der Waals surface area contributed by atoms with E-state index in [0.717, 1.165) is 37.7 Å². The molecule has 0 amide bonds. The van der Waals surface area contributed by atoms with Gasteiger partial charge >= 0.3 is 0 Å². The van der Waals surface area contributed by atoms with Gasteiger partial charge in [0.1, 0.15) is 5.84 Å². The summed E-state index contributed by atoms with van der Waals surface area (Å²) in [6.07, 6.45) is 2.20. The molecule has 0 radical (unpaired) electrons. The van der Waals surface area contributed by atoms with Gasteiger partial charge in [0, 0.05) is 47.2 Å². The van der Waals surface area contributed by atoms with Crippen molar-refractivity contribution in [3.8, 4) is 0 Å². The lowest BCUT2D eigenvalue weighted by Gasteiger charge is -2.38. The number of rotatable bonds is 1. The van der Waals surface area contributed by atoms with Gasteiger partial charge in [-0.1, -0.05) is 48.2 Å². The van der Waals surface area contributed by atoms with E-state index >= 15 is 0 Å². The Morgan fingerprint density at radius 3 is 2.40 bits per heavy atom. The van der Waals surface area contributed by atoms with E-state index in [4.69, 9.17) is 4.99 Å². The van der Waals surface area contributed by atoms with Crippen molar-refractivity contribution in [1.29, 1.82) is 0 Å². The maximum absolute atomic E-state index is 5.08. The second-order valence-electron chi connectivity index (χ2n) is 6.41. The highest BCUT2D eigenvalue weighted by Gasteiger charge is 2.25. The molecule has 2 aliphatic rings. The monoisotopic (exact) mass is 349 g/mol. The minimum Gasteiger partial charge on any atom is -0.372 e. The zero-order chi connectivity index (χ0) is 17.2. The zero-order valence-electron chi connectivity index (χ0n) is 14.8. The molecule has 1 fully saturated rings. The van der Waals surface area contributed by atoms with Gasteiger partial charge in [-0.3, -0.25) is 0 Å². The van der Waals surface area contributed by atoms with Crippen LogP contribution in [0.3, 0.4) is 0 Å². The number of aliphatic imine (C=N–C) groups is 1. The van der Waals surface area contributed by atoms with Crippen LogP contribution >= 0.6 is 11.8 Å². The molecule has 0 unspecified atom stereocenters. The lowest BCUT2D eigenvalue weighted by Crippen LogP contribution is -2.48. The van der Waals surface area contributed by atoms with Crippen LogP contribution < -0.4 is 0 Å². The number of nitrogens with zero attached hydrogens (tertiary/aromatic N) is 3. The highest BCUT2D eigenvalue weighted by Crippen LogP contribution is 2.40. The van der Waals surface area contributed by atoms with E-state index in [1.54, 1.807) is 0 Å². The molecule has 0 saturated carbocycles. The summed E-state index contributed by atoms with van der Waals surface area (Å²) in [5.41, 5.74) is 3.69. The summed E-state index contributed by atoms with van der Waals surface area (Å²) >= 11 is 1.82. The summed E-state index contributed by atoms with van der Waals surface area (Å²) < 4.78 is 0. The van der Waals surface area contributed by atoms with E-state index in [1.165, 1.54) is 21.1 Å². The fraction of sp³-hybridized carbons (Fsp3) is 0.286. The number of hydrogen-bond acceptors (Lipinski definition) is 4. The third kappa shape index (κ3) is 3.19. The van der Waals surface area contributed by atoms with Crippen molar-refractivity contribution in [3.05, 3.63) is 65.9 Å². The van der Waals surface area contributed by atoms with E-state index in [1.807, 2.05) is 11.8 Å². The van der Waals surface area contributed by atoms with E-state index in [9.17, 15) is 0 Å².